The third-order valence-corrected chi connectivity index (χ3v) is 3.95. The number of benzene rings is 1. The molecule has 1 N–H and O–H groups in total. The number of fused-ring (bicyclic) bond motifs is 1. The van der Waals surface area contributed by atoms with Crippen molar-refractivity contribution in [2.45, 2.75) is 24.7 Å². The molecule has 0 radical (unpaired) electrons. The quantitative estimate of drug-likeness (QED) is 0.923. The van der Waals surface area contributed by atoms with Crippen molar-refractivity contribution < 1.29 is 27.8 Å². The minimum atomic E-state index is -4.57. The smallest absolute Gasteiger partial charge is 0.410 e. The van der Waals surface area contributed by atoms with Crippen molar-refractivity contribution in [3.63, 3.8) is 0 Å². The third kappa shape index (κ3) is 2.77. The van der Waals surface area contributed by atoms with Crippen molar-refractivity contribution in [1.29, 1.82) is 0 Å². The number of ether oxygens (including phenoxy) is 1. The number of carbonyl (C=O) groups is 1. The number of carboxylic acids is 1. The fourth-order valence-corrected chi connectivity index (χ4v) is 2.79. The number of anilines is 1. The Morgan fingerprint density at radius 1 is 1.46 bits per heavy atom. The average Bonchev–Trinajstić information content (AvgIpc) is 2.97. The van der Waals surface area contributed by atoms with Crippen LogP contribution in [0.3, 0.4) is 0 Å². The maximum atomic E-state index is 13.4. The summed E-state index contributed by atoms with van der Waals surface area (Å²) in [6, 6.07) is 3.91. The lowest BCUT2D eigenvalue weighted by molar-refractivity contribution is -0.255. The molecular weight excluding hydrogens is 327 g/mol. The lowest BCUT2D eigenvalue weighted by Gasteiger charge is -2.34. The molecular formula is C15H13F3N3O3-. The molecule has 3 rings (SSSR count). The summed E-state index contributed by atoms with van der Waals surface area (Å²) >= 11 is 0. The fourth-order valence-electron chi connectivity index (χ4n) is 2.79. The van der Waals surface area contributed by atoms with E-state index < -0.39 is 29.8 Å². The number of hydrogen-bond donors (Lipinski definition) is 1. The summed E-state index contributed by atoms with van der Waals surface area (Å²) in [7, 11) is 1.45. The number of carboxylic acid groups (broad SMARTS) is 1. The SMILES string of the molecule is COc1cccc([C@H]2C[C@@H](C(F)(F)F)n3ncc(C(=O)[O-])c3N2)c1. The van der Waals surface area contributed by atoms with Crippen molar-refractivity contribution in [1.82, 2.24) is 9.78 Å². The first-order valence-electron chi connectivity index (χ1n) is 7.07. The van der Waals surface area contributed by atoms with Crippen LogP contribution in [0.2, 0.25) is 0 Å². The molecule has 0 aliphatic carbocycles. The van der Waals surface area contributed by atoms with E-state index in [0.29, 0.717) is 16.0 Å². The van der Waals surface area contributed by atoms with Gasteiger partial charge < -0.3 is 20.0 Å². The van der Waals surface area contributed by atoms with Gasteiger partial charge in [0.05, 0.1) is 30.9 Å². The van der Waals surface area contributed by atoms with Crippen molar-refractivity contribution in [2.75, 3.05) is 12.4 Å². The minimum Gasteiger partial charge on any atom is -0.545 e. The van der Waals surface area contributed by atoms with Gasteiger partial charge in [-0.25, -0.2) is 4.68 Å². The van der Waals surface area contributed by atoms with E-state index in [1.807, 2.05) is 0 Å². The molecule has 0 saturated heterocycles. The Morgan fingerprint density at radius 3 is 2.83 bits per heavy atom. The Hall–Kier alpha value is -2.71. The zero-order valence-corrected chi connectivity index (χ0v) is 12.5. The molecule has 0 fully saturated rings. The average molecular weight is 340 g/mol. The van der Waals surface area contributed by atoms with Gasteiger partial charge in [0.1, 0.15) is 11.6 Å². The van der Waals surface area contributed by atoms with E-state index in [2.05, 4.69) is 10.4 Å². The number of rotatable bonds is 3. The Kier molecular flexibility index (Phi) is 3.86. The first kappa shape index (κ1) is 16.2. The molecule has 128 valence electrons. The van der Waals surface area contributed by atoms with Crippen LogP contribution in [0.5, 0.6) is 5.75 Å². The highest BCUT2D eigenvalue weighted by atomic mass is 19.4. The molecule has 2 aromatic rings. The van der Waals surface area contributed by atoms with Crippen molar-refractivity contribution >= 4 is 11.8 Å². The normalized spacial score (nSPS) is 20.2. The van der Waals surface area contributed by atoms with Gasteiger partial charge >= 0.3 is 6.18 Å². The Bertz CT molecular complexity index is 773. The molecule has 1 aromatic carbocycles. The summed E-state index contributed by atoms with van der Waals surface area (Å²) in [5, 5.41) is 17.5. The summed E-state index contributed by atoms with van der Waals surface area (Å²) in [5.41, 5.74) is 0.150. The highest BCUT2D eigenvalue weighted by Crippen LogP contribution is 2.44. The molecule has 0 amide bonds. The lowest BCUT2D eigenvalue weighted by atomic mass is 9.96. The maximum Gasteiger partial charge on any atom is 0.410 e. The predicted molar refractivity (Wildman–Crippen MR) is 75.6 cm³/mol. The molecule has 1 aliphatic heterocycles. The largest absolute Gasteiger partial charge is 0.545 e. The zero-order chi connectivity index (χ0) is 17.5. The van der Waals surface area contributed by atoms with E-state index in [1.54, 1.807) is 24.3 Å². The number of nitrogens with zero attached hydrogens (tertiary/aromatic N) is 2. The Balaban J connectivity index is 2.05. The number of methoxy groups -OCH3 is 1. The minimum absolute atomic E-state index is 0.212. The van der Waals surface area contributed by atoms with Gasteiger partial charge in [0.2, 0.25) is 0 Å². The molecule has 0 spiro atoms. The first-order chi connectivity index (χ1) is 11.3. The van der Waals surface area contributed by atoms with Crippen LogP contribution in [0.25, 0.3) is 0 Å². The second-order valence-electron chi connectivity index (χ2n) is 5.41. The molecule has 2 atom stereocenters. The lowest BCUT2D eigenvalue weighted by Crippen LogP contribution is -2.36. The van der Waals surface area contributed by atoms with Gasteiger partial charge in [-0.15, -0.1) is 0 Å². The summed E-state index contributed by atoms with van der Waals surface area (Å²) in [6.07, 6.45) is -4.02. The molecule has 2 heterocycles. The van der Waals surface area contributed by atoms with Gasteiger partial charge in [0.25, 0.3) is 0 Å². The molecule has 1 aliphatic rings. The van der Waals surface area contributed by atoms with Gasteiger partial charge in [-0.05, 0) is 17.7 Å². The highest BCUT2D eigenvalue weighted by Gasteiger charge is 2.47. The zero-order valence-electron chi connectivity index (χ0n) is 12.5. The van der Waals surface area contributed by atoms with Gasteiger partial charge in [0.15, 0.2) is 6.04 Å². The number of nitrogens with one attached hydrogen (secondary N) is 1. The monoisotopic (exact) mass is 340 g/mol. The number of aromatic nitrogens is 2. The maximum absolute atomic E-state index is 13.4. The molecule has 1 aromatic heterocycles. The number of carbonyl (C=O) groups excluding carboxylic acids is 1. The third-order valence-electron chi connectivity index (χ3n) is 3.95. The van der Waals surface area contributed by atoms with Crippen molar-refractivity contribution in [3.05, 3.63) is 41.6 Å². The van der Waals surface area contributed by atoms with Crippen LogP contribution in [-0.2, 0) is 0 Å². The predicted octanol–water partition coefficient (Wildman–Crippen LogP) is 1.92. The fraction of sp³-hybridized carbons (Fsp3) is 0.333. The van der Waals surface area contributed by atoms with Crippen molar-refractivity contribution in [3.8, 4) is 5.75 Å². The van der Waals surface area contributed by atoms with Crippen LogP contribution in [0.1, 0.15) is 34.4 Å². The number of alkyl halides is 3. The van der Waals surface area contributed by atoms with Crippen molar-refractivity contribution in [2.24, 2.45) is 0 Å². The summed E-state index contributed by atoms with van der Waals surface area (Å²) < 4.78 is 45.9. The molecule has 0 saturated carbocycles. The molecule has 0 bridgehead atoms. The Morgan fingerprint density at radius 2 is 2.21 bits per heavy atom. The van der Waals surface area contributed by atoms with Crippen LogP contribution in [0.4, 0.5) is 19.0 Å². The molecule has 6 nitrogen and oxygen atoms in total. The van der Waals surface area contributed by atoms with E-state index in [4.69, 9.17) is 4.74 Å². The van der Waals surface area contributed by atoms with E-state index in [0.717, 1.165) is 6.20 Å². The van der Waals surface area contributed by atoms with Crippen LogP contribution >= 0.6 is 0 Å². The standard InChI is InChI=1S/C15H14F3N3O3/c1-24-9-4-2-3-8(5-9)11-6-12(15(16,17)18)21-13(20-11)10(7-19-21)14(22)23/h2-5,7,11-12,20H,6H2,1H3,(H,22,23)/p-1/t11-,12+/m1/s1. The van der Waals surface area contributed by atoms with Gasteiger partial charge in [0, 0.05) is 6.42 Å². The number of hydrogen-bond acceptors (Lipinski definition) is 5. The second kappa shape index (κ2) is 5.73. The summed E-state index contributed by atoms with van der Waals surface area (Å²) in [5.74, 6) is -1.30. The molecule has 0 unspecified atom stereocenters. The van der Waals surface area contributed by atoms with E-state index in [1.165, 1.54) is 7.11 Å². The highest BCUT2D eigenvalue weighted by molar-refractivity contribution is 5.91. The van der Waals surface area contributed by atoms with Crippen LogP contribution in [0, 0.1) is 0 Å². The van der Waals surface area contributed by atoms with Crippen LogP contribution < -0.4 is 15.2 Å². The van der Waals surface area contributed by atoms with Gasteiger partial charge in [-0.2, -0.15) is 18.3 Å². The van der Waals surface area contributed by atoms with Gasteiger partial charge in [-0.3, -0.25) is 0 Å². The van der Waals surface area contributed by atoms with Crippen LogP contribution in [-0.4, -0.2) is 29.0 Å². The Labute approximate surface area is 134 Å². The second-order valence-corrected chi connectivity index (χ2v) is 5.41. The van der Waals surface area contributed by atoms with E-state index in [-0.39, 0.29) is 12.2 Å². The summed E-state index contributed by atoms with van der Waals surface area (Å²) in [4.78, 5) is 11.1. The topological polar surface area (TPSA) is 79.2 Å². The molecule has 24 heavy (non-hydrogen) atoms. The number of halogens is 3. The first-order valence-corrected chi connectivity index (χ1v) is 7.07. The van der Waals surface area contributed by atoms with Gasteiger partial charge in [-0.1, -0.05) is 12.1 Å². The van der Waals surface area contributed by atoms with E-state index in [9.17, 15) is 23.1 Å². The molecule has 9 heteroatoms. The van der Waals surface area contributed by atoms with Crippen LogP contribution in [0.15, 0.2) is 30.5 Å². The summed E-state index contributed by atoms with van der Waals surface area (Å²) in [6.45, 7) is 0. The number of aromatic carboxylic acids is 1. The van der Waals surface area contributed by atoms with E-state index >= 15 is 0 Å².